The SMILES string of the molecule is c1ccc2cc(B3OCCNCCO3)ccc2c1. The van der Waals surface area contributed by atoms with Crippen LogP contribution >= 0.6 is 0 Å². The molecule has 0 unspecified atom stereocenters. The molecule has 1 heterocycles. The maximum absolute atomic E-state index is 5.73. The van der Waals surface area contributed by atoms with E-state index in [1.54, 1.807) is 0 Å². The lowest BCUT2D eigenvalue weighted by molar-refractivity contribution is 0.187. The van der Waals surface area contributed by atoms with Gasteiger partial charge in [0, 0.05) is 26.3 Å². The van der Waals surface area contributed by atoms with Crippen molar-refractivity contribution in [2.45, 2.75) is 0 Å². The van der Waals surface area contributed by atoms with Crippen LogP contribution in [0.25, 0.3) is 10.8 Å². The molecule has 0 aliphatic carbocycles. The van der Waals surface area contributed by atoms with Crippen molar-refractivity contribution in [2.75, 3.05) is 26.3 Å². The van der Waals surface area contributed by atoms with Gasteiger partial charge in [-0.25, -0.2) is 0 Å². The Morgan fingerprint density at radius 1 is 0.889 bits per heavy atom. The lowest BCUT2D eigenvalue weighted by atomic mass is 9.78. The second-order valence-electron chi connectivity index (χ2n) is 4.43. The van der Waals surface area contributed by atoms with Gasteiger partial charge in [0.25, 0.3) is 0 Å². The average molecular weight is 241 g/mol. The molecule has 92 valence electrons. The van der Waals surface area contributed by atoms with Crippen LogP contribution in [-0.2, 0) is 9.31 Å². The van der Waals surface area contributed by atoms with E-state index in [1.807, 2.05) is 0 Å². The van der Waals surface area contributed by atoms with Crippen molar-refractivity contribution in [1.29, 1.82) is 0 Å². The highest BCUT2D eigenvalue weighted by Crippen LogP contribution is 2.12. The summed E-state index contributed by atoms with van der Waals surface area (Å²) in [4.78, 5) is 0. The van der Waals surface area contributed by atoms with Crippen LogP contribution in [0, 0.1) is 0 Å². The molecule has 4 heteroatoms. The van der Waals surface area contributed by atoms with E-state index in [1.165, 1.54) is 10.8 Å². The third-order valence-corrected chi connectivity index (χ3v) is 3.14. The van der Waals surface area contributed by atoms with Crippen molar-refractivity contribution in [3.63, 3.8) is 0 Å². The minimum atomic E-state index is -0.239. The van der Waals surface area contributed by atoms with E-state index in [2.05, 4.69) is 47.8 Å². The first-order chi connectivity index (χ1) is 8.93. The predicted molar refractivity (Wildman–Crippen MR) is 74.1 cm³/mol. The summed E-state index contributed by atoms with van der Waals surface area (Å²) >= 11 is 0. The summed E-state index contributed by atoms with van der Waals surface area (Å²) in [5.74, 6) is 0. The maximum Gasteiger partial charge on any atom is 0.493 e. The lowest BCUT2D eigenvalue weighted by Crippen LogP contribution is -2.43. The smallest absolute Gasteiger partial charge is 0.406 e. The normalized spacial score (nSPS) is 17.4. The highest BCUT2D eigenvalue weighted by Gasteiger charge is 2.22. The molecule has 18 heavy (non-hydrogen) atoms. The van der Waals surface area contributed by atoms with Gasteiger partial charge in [0.2, 0.25) is 0 Å². The van der Waals surface area contributed by atoms with Crippen molar-refractivity contribution >= 4 is 23.4 Å². The highest BCUT2D eigenvalue weighted by atomic mass is 16.6. The first-order valence-corrected chi connectivity index (χ1v) is 6.36. The van der Waals surface area contributed by atoms with Gasteiger partial charge in [-0.05, 0) is 16.2 Å². The molecule has 3 rings (SSSR count). The molecule has 2 aromatic carbocycles. The first-order valence-electron chi connectivity index (χ1n) is 6.36. The van der Waals surface area contributed by atoms with Gasteiger partial charge in [0.15, 0.2) is 0 Å². The summed E-state index contributed by atoms with van der Waals surface area (Å²) < 4.78 is 11.5. The number of benzene rings is 2. The number of hydrogen-bond acceptors (Lipinski definition) is 3. The van der Waals surface area contributed by atoms with Crippen molar-refractivity contribution in [3.8, 4) is 0 Å². The van der Waals surface area contributed by atoms with E-state index in [4.69, 9.17) is 9.31 Å². The average Bonchev–Trinajstić information content (AvgIpc) is 2.38. The van der Waals surface area contributed by atoms with Gasteiger partial charge >= 0.3 is 7.12 Å². The zero-order chi connectivity index (χ0) is 12.2. The quantitative estimate of drug-likeness (QED) is 0.760. The standard InChI is InChI=1S/C14H16BNO2/c1-2-4-13-11-14(6-5-12(13)3-1)15-17-9-7-16-8-10-18-15/h1-6,11,16H,7-10H2. The number of nitrogens with one attached hydrogen (secondary N) is 1. The summed E-state index contributed by atoms with van der Waals surface area (Å²) in [5, 5.41) is 5.71. The first kappa shape index (κ1) is 11.7. The summed E-state index contributed by atoms with van der Waals surface area (Å²) in [6.07, 6.45) is 0. The molecule has 0 aromatic heterocycles. The Bertz CT molecular complexity index is 524. The Morgan fingerprint density at radius 3 is 2.39 bits per heavy atom. The fourth-order valence-electron chi connectivity index (χ4n) is 2.20. The second-order valence-corrected chi connectivity index (χ2v) is 4.43. The minimum Gasteiger partial charge on any atom is -0.406 e. The fraction of sp³-hybridized carbons (Fsp3) is 0.286. The maximum atomic E-state index is 5.73. The highest BCUT2D eigenvalue weighted by molar-refractivity contribution is 6.61. The molecule has 1 aliphatic heterocycles. The molecular weight excluding hydrogens is 225 g/mol. The van der Waals surface area contributed by atoms with Crippen LogP contribution in [0.3, 0.4) is 0 Å². The monoisotopic (exact) mass is 241 g/mol. The minimum absolute atomic E-state index is 0.239. The molecule has 1 N–H and O–H groups in total. The van der Waals surface area contributed by atoms with E-state index < -0.39 is 0 Å². The topological polar surface area (TPSA) is 30.5 Å². The molecule has 2 aromatic rings. The van der Waals surface area contributed by atoms with Crippen LogP contribution in [-0.4, -0.2) is 33.4 Å². The Kier molecular flexibility index (Phi) is 3.60. The Labute approximate surface area is 107 Å². The van der Waals surface area contributed by atoms with Gasteiger partial charge in [-0.2, -0.15) is 0 Å². The number of fused-ring (bicyclic) bond motifs is 1. The van der Waals surface area contributed by atoms with Crippen LogP contribution in [0.1, 0.15) is 0 Å². The molecule has 1 fully saturated rings. The molecule has 0 amide bonds. The van der Waals surface area contributed by atoms with Gasteiger partial charge in [-0.1, -0.05) is 42.5 Å². The third kappa shape index (κ3) is 2.56. The van der Waals surface area contributed by atoms with E-state index in [-0.39, 0.29) is 7.12 Å². The summed E-state index contributed by atoms with van der Waals surface area (Å²) in [7, 11) is -0.239. The Balaban J connectivity index is 1.87. The molecule has 1 saturated heterocycles. The molecule has 3 nitrogen and oxygen atoms in total. The van der Waals surface area contributed by atoms with Crippen molar-refractivity contribution in [1.82, 2.24) is 5.32 Å². The predicted octanol–water partition coefficient (Wildman–Crippen LogP) is 1.17. The van der Waals surface area contributed by atoms with Crippen LogP contribution in [0.5, 0.6) is 0 Å². The zero-order valence-electron chi connectivity index (χ0n) is 10.3. The van der Waals surface area contributed by atoms with E-state index in [0.29, 0.717) is 13.2 Å². The summed E-state index contributed by atoms with van der Waals surface area (Å²) in [5.41, 5.74) is 1.09. The van der Waals surface area contributed by atoms with E-state index in [9.17, 15) is 0 Å². The Hall–Kier alpha value is -1.36. The van der Waals surface area contributed by atoms with E-state index in [0.717, 1.165) is 18.6 Å². The number of rotatable bonds is 1. The van der Waals surface area contributed by atoms with Crippen molar-refractivity contribution in [3.05, 3.63) is 42.5 Å². The van der Waals surface area contributed by atoms with Crippen molar-refractivity contribution < 1.29 is 9.31 Å². The van der Waals surface area contributed by atoms with Gasteiger partial charge in [-0.3, -0.25) is 0 Å². The van der Waals surface area contributed by atoms with Crippen LogP contribution in [0.2, 0.25) is 0 Å². The molecule has 0 spiro atoms. The van der Waals surface area contributed by atoms with Crippen LogP contribution < -0.4 is 10.8 Å². The van der Waals surface area contributed by atoms with Crippen molar-refractivity contribution in [2.24, 2.45) is 0 Å². The fourth-order valence-corrected chi connectivity index (χ4v) is 2.20. The summed E-state index contributed by atoms with van der Waals surface area (Å²) in [6.45, 7) is 3.12. The molecule has 0 atom stereocenters. The molecular formula is C14H16BNO2. The molecule has 0 radical (unpaired) electrons. The Morgan fingerprint density at radius 2 is 1.61 bits per heavy atom. The molecule has 0 bridgehead atoms. The molecule has 1 aliphatic rings. The third-order valence-electron chi connectivity index (χ3n) is 3.14. The lowest BCUT2D eigenvalue weighted by Gasteiger charge is -2.19. The van der Waals surface area contributed by atoms with Gasteiger partial charge in [-0.15, -0.1) is 0 Å². The second kappa shape index (κ2) is 5.52. The van der Waals surface area contributed by atoms with Crippen LogP contribution in [0.15, 0.2) is 42.5 Å². The summed E-state index contributed by atoms with van der Waals surface area (Å²) in [6, 6.07) is 14.7. The van der Waals surface area contributed by atoms with Gasteiger partial charge in [0.05, 0.1) is 0 Å². The van der Waals surface area contributed by atoms with E-state index >= 15 is 0 Å². The molecule has 0 saturated carbocycles. The zero-order valence-corrected chi connectivity index (χ0v) is 10.3. The van der Waals surface area contributed by atoms with Crippen LogP contribution in [0.4, 0.5) is 0 Å². The van der Waals surface area contributed by atoms with Gasteiger partial charge in [0.1, 0.15) is 0 Å². The van der Waals surface area contributed by atoms with Gasteiger partial charge < -0.3 is 14.6 Å². The number of hydrogen-bond donors (Lipinski definition) is 1. The largest absolute Gasteiger partial charge is 0.493 e.